The number of likely N-dealkylation sites (tertiary alicyclic amines) is 1. The maximum atomic E-state index is 12.9. The highest BCUT2D eigenvalue weighted by atomic mass is 32.2. The Bertz CT molecular complexity index is 745. The van der Waals surface area contributed by atoms with E-state index in [4.69, 9.17) is 4.74 Å². The Balaban J connectivity index is 1.80. The Kier molecular flexibility index (Phi) is 4.83. The first-order valence-corrected chi connectivity index (χ1v) is 9.81. The third-order valence-electron chi connectivity index (χ3n) is 4.92. The molecule has 0 spiro atoms. The van der Waals surface area contributed by atoms with Crippen LogP contribution in [0.2, 0.25) is 0 Å². The molecule has 0 atom stereocenters. The average molecular weight is 352 g/mol. The van der Waals surface area contributed by atoms with Crippen molar-refractivity contribution in [1.29, 1.82) is 0 Å². The van der Waals surface area contributed by atoms with E-state index in [0.29, 0.717) is 18.7 Å². The number of amides is 1. The van der Waals surface area contributed by atoms with E-state index in [1.807, 2.05) is 6.07 Å². The summed E-state index contributed by atoms with van der Waals surface area (Å²) in [4.78, 5) is 13.6. The molecule has 1 aliphatic carbocycles. The molecule has 1 aromatic rings. The summed E-state index contributed by atoms with van der Waals surface area (Å²) in [5, 5.41) is 0. The first-order valence-electron chi connectivity index (χ1n) is 8.37. The number of hydrogen-bond acceptors (Lipinski definition) is 4. The van der Waals surface area contributed by atoms with Crippen LogP contribution in [-0.2, 0) is 27.7 Å². The largest absolute Gasteiger partial charge is 0.495 e. The van der Waals surface area contributed by atoms with Crippen LogP contribution in [-0.4, -0.2) is 57.3 Å². The number of carbonyl (C=O) groups excluding carboxylic acids is 1. The van der Waals surface area contributed by atoms with Crippen molar-refractivity contribution in [2.75, 3.05) is 33.8 Å². The zero-order valence-electron chi connectivity index (χ0n) is 14.2. The summed E-state index contributed by atoms with van der Waals surface area (Å²) in [6, 6.07) is 3.61. The summed E-state index contributed by atoms with van der Waals surface area (Å²) in [5.74, 6) is 0.510. The zero-order valence-corrected chi connectivity index (χ0v) is 15.1. The van der Waals surface area contributed by atoms with Crippen molar-refractivity contribution in [2.24, 2.45) is 0 Å². The van der Waals surface area contributed by atoms with E-state index in [9.17, 15) is 13.2 Å². The van der Waals surface area contributed by atoms with Gasteiger partial charge in [-0.25, -0.2) is 8.42 Å². The number of ether oxygens (including phenoxy) is 1. The van der Waals surface area contributed by atoms with E-state index >= 15 is 0 Å². The topological polar surface area (TPSA) is 66.9 Å². The van der Waals surface area contributed by atoms with E-state index in [2.05, 4.69) is 0 Å². The molecule has 2 aliphatic rings. The molecule has 1 amide bonds. The van der Waals surface area contributed by atoms with Gasteiger partial charge in [-0.1, -0.05) is 0 Å². The van der Waals surface area contributed by atoms with E-state index < -0.39 is 10.0 Å². The SMILES string of the molecule is COc1cc2c(cc1S(=O)(=O)N(C)CCN1CCCC1=O)CCC2. The molecule has 0 N–H and O–H groups in total. The second-order valence-electron chi connectivity index (χ2n) is 6.44. The third kappa shape index (κ3) is 3.15. The first-order chi connectivity index (χ1) is 11.4. The molecule has 1 aromatic carbocycles. The highest BCUT2D eigenvalue weighted by molar-refractivity contribution is 7.89. The van der Waals surface area contributed by atoms with Gasteiger partial charge in [-0.15, -0.1) is 0 Å². The van der Waals surface area contributed by atoms with E-state index in [0.717, 1.165) is 37.8 Å². The number of methoxy groups -OCH3 is 1. The molecule has 1 aliphatic heterocycles. The minimum absolute atomic E-state index is 0.107. The van der Waals surface area contributed by atoms with Crippen LogP contribution in [0.25, 0.3) is 0 Å². The normalized spacial score (nSPS) is 17.6. The second-order valence-corrected chi connectivity index (χ2v) is 8.45. The van der Waals surface area contributed by atoms with Gasteiger partial charge >= 0.3 is 0 Å². The van der Waals surface area contributed by atoms with Crippen LogP contribution >= 0.6 is 0 Å². The molecule has 3 rings (SSSR count). The standard InChI is InChI=1S/C17H24N2O4S/c1-18(9-10-19-8-4-7-17(19)20)24(21,22)16-12-14-6-3-5-13(14)11-15(16)23-2/h11-12H,3-10H2,1-2H3. The van der Waals surface area contributed by atoms with Gasteiger partial charge in [-0.05, 0) is 48.9 Å². The van der Waals surface area contributed by atoms with Crippen LogP contribution in [0.5, 0.6) is 5.75 Å². The second kappa shape index (κ2) is 6.72. The fourth-order valence-electron chi connectivity index (χ4n) is 3.43. The minimum atomic E-state index is -3.64. The predicted octanol–water partition coefficient (Wildman–Crippen LogP) is 1.43. The molecule has 0 unspecified atom stereocenters. The monoisotopic (exact) mass is 352 g/mol. The Morgan fingerprint density at radius 1 is 1.17 bits per heavy atom. The molecule has 0 saturated carbocycles. The number of likely N-dealkylation sites (N-methyl/N-ethyl adjacent to an activating group) is 1. The van der Waals surface area contributed by atoms with Gasteiger partial charge in [0.05, 0.1) is 7.11 Å². The number of carbonyl (C=O) groups is 1. The molecule has 0 aromatic heterocycles. The van der Waals surface area contributed by atoms with Gasteiger partial charge in [0.2, 0.25) is 15.9 Å². The number of aryl methyl sites for hydroxylation is 2. The molecular weight excluding hydrogens is 328 g/mol. The number of fused-ring (bicyclic) bond motifs is 1. The smallest absolute Gasteiger partial charge is 0.246 e. The van der Waals surface area contributed by atoms with Crippen molar-refractivity contribution in [2.45, 2.75) is 37.0 Å². The van der Waals surface area contributed by atoms with Gasteiger partial charge in [-0.2, -0.15) is 4.31 Å². The van der Waals surface area contributed by atoms with Crippen molar-refractivity contribution >= 4 is 15.9 Å². The lowest BCUT2D eigenvalue weighted by Crippen LogP contribution is -2.37. The number of sulfonamides is 1. The van der Waals surface area contributed by atoms with Gasteiger partial charge in [0.15, 0.2) is 0 Å². The van der Waals surface area contributed by atoms with Crippen LogP contribution < -0.4 is 4.74 Å². The molecule has 1 saturated heterocycles. The van der Waals surface area contributed by atoms with E-state index in [1.165, 1.54) is 17.0 Å². The highest BCUT2D eigenvalue weighted by Crippen LogP contribution is 2.33. The maximum absolute atomic E-state index is 12.9. The molecule has 132 valence electrons. The Morgan fingerprint density at radius 3 is 2.50 bits per heavy atom. The van der Waals surface area contributed by atoms with Crippen molar-refractivity contribution in [3.05, 3.63) is 23.3 Å². The molecule has 7 heteroatoms. The van der Waals surface area contributed by atoms with Crippen molar-refractivity contribution in [1.82, 2.24) is 9.21 Å². The van der Waals surface area contributed by atoms with E-state index in [1.54, 1.807) is 18.0 Å². The number of nitrogens with zero attached hydrogens (tertiary/aromatic N) is 2. The number of rotatable bonds is 6. The average Bonchev–Trinajstić information content (AvgIpc) is 3.19. The summed E-state index contributed by atoms with van der Waals surface area (Å²) >= 11 is 0. The molecular formula is C17H24N2O4S. The summed E-state index contributed by atoms with van der Waals surface area (Å²) in [7, 11) is -0.585. The quantitative estimate of drug-likeness (QED) is 0.777. The van der Waals surface area contributed by atoms with Gasteiger partial charge in [0.1, 0.15) is 10.6 Å². The van der Waals surface area contributed by atoms with Gasteiger partial charge in [0, 0.05) is 33.1 Å². The van der Waals surface area contributed by atoms with Crippen molar-refractivity contribution in [3.8, 4) is 5.75 Å². The molecule has 0 radical (unpaired) electrons. The molecule has 1 fully saturated rings. The van der Waals surface area contributed by atoms with Crippen molar-refractivity contribution in [3.63, 3.8) is 0 Å². The minimum Gasteiger partial charge on any atom is -0.495 e. The summed E-state index contributed by atoms with van der Waals surface area (Å²) < 4.78 is 32.5. The van der Waals surface area contributed by atoms with Crippen LogP contribution in [0.4, 0.5) is 0 Å². The lowest BCUT2D eigenvalue weighted by molar-refractivity contribution is -0.127. The Morgan fingerprint density at radius 2 is 1.88 bits per heavy atom. The summed E-state index contributed by atoms with van der Waals surface area (Å²) in [6.07, 6.45) is 4.35. The lowest BCUT2D eigenvalue weighted by atomic mass is 10.1. The van der Waals surface area contributed by atoms with Crippen molar-refractivity contribution < 1.29 is 17.9 Å². The van der Waals surface area contributed by atoms with Crippen LogP contribution in [0, 0.1) is 0 Å². The van der Waals surface area contributed by atoms with Crippen LogP contribution in [0.3, 0.4) is 0 Å². The van der Waals surface area contributed by atoms with Gasteiger partial charge in [0.25, 0.3) is 0 Å². The molecule has 0 bridgehead atoms. The summed E-state index contributed by atoms with van der Waals surface area (Å²) in [5.41, 5.74) is 2.27. The van der Waals surface area contributed by atoms with E-state index in [-0.39, 0.29) is 17.3 Å². The molecule has 24 heavy (non-hydrogen) atoms. The van der Waals surface area contributed by atoms with Gasteiger partial charge < -0.3 is 9.64 Å². The first kappa shape index (κ1) is 17.2. The number of benzene rings is 1. The van der Waals surface area contributed by atoms with Gasteiger partial charge in [-0.3, -0.25) is 4.79 Å². The fourth-order valence-corrected chi connectivity index (χ4v) is 4.78. The lowest BCUT2D eigenvalue weighted by Gasteiger charge is -2.23. The summed E-state index contributed by atoms with van der Waals surface area (Å²) in [6.45, 7) is 1.44. The zero-order chi connectivity index (χ0) is 17.3. The van der Waals surface area contributed by atoms with Crippen LogP contribution in [0.1, 0.15) is 30.4 Å². The van der Waals surface area contributed by atoms with Crippen LogP contribution in [0.15, 0.2) is 17.0 Å². The fraction of sp³-hybridized carbons (Fsp3) is 0.588. The predicted molar refractivity (Wildman–Crippen MR) is 90.6 cm³/mol. The third-order valence-corrected chi connectivity index (χ3v) is 6.80. The Hall–Kier alpha value is -1.60. The highest BCUT2D eigenvalue weighted by Gasteiger charge is 2.28. The maximum Gasteiger partial charge on any atom is 0.246 e. The number of hydrogen-bond donors (Lipinski definition) is 0. The Labute approximate surface area is 143 Å². The molecule has 1 heterocycles. The molecule has 6 nitrogen and oxygen atoms in total.